The highest BCUT2D eigenvalue weighted by Crippen LogP contribution is 2.61. The molecule has 0 amide bonds. The SMILES string of the molecule is CC[C@H]1O[C@@H]([B]N2CCC[C@H]2C=O)C(C)[C@H]1O[P@@]1O[C@H](c2ccccc2)[C@@H]2CCCN21. The molecule has 4 fully saturated rings. The van der Waals surface area contributed by atoms with E-state index in [9.17, 15) is 4.79 Å². The summed E-state index contributed by atoms with van der Waals surface area (Å²) in [6.45, 7) is 6.36. The molecule has 8 heteroatoms. The Labute approximate surface area is 187 Å². The number of benzene rings is 1. The zero-order valence-corrected chi connectivity index (χ0v) is 19.4. The van der Waals surface area contributed by atoms with Crippen molar-refractivity contribution in [1.82, 2.24) is 9.48 Å². The van der Waals surface area contributed by atoms with Gasteiger partial charge in [-0.15, -0.1) is 0 Å². The smallest absolute Gasteiger partial charge is 0.260 e. The number of ether oxygens (including phenoxy) is 1. The second-order valence-electron chi connectivity index (χ2n) is 9.26. The van der Waals surface area contributed by atoms with Crippen LogP contribution < -0.4 is 0 Å². The lowest BCUT2D eigenvalue weighted by molar-refractivity contribution is -0.110. The summed E-state index contributed by atoms with van der Waals surface area (Å²) < 4.78 is 22.2. The van der Waals surface area contributed by atoms with Crippen LogP contribution in [0.2, 0.25) is 0 Å². The lowest BCUT2D eigenvalue weighted by atomic mass is 9.74. The second kappa shape index (κ2) is 9.58. The van der Waals surface area contributed by atoms with Crippen molar-refractivity contribution in [2.45, 2.75) is 82.4 Å². The van der Waals surface area contributed by atoms with Crippen molar-refractivity contribution >= 4 is 22.2 Å². The zero-order valence-electron chi connectivity index (χ0n) is 18.5. The molecular weight excluding hydrogens is 410 g/mol. The summed E-state index contributed by atoms with van der Waals surface area (Å²) in [6.07, 6.45) is 6.49. The van der Waals surface area contributed by atoms with Crippen LogP contribution in [0.5, 0.6) is 0 Å². The van der Waals surface area contributed by atoms with E-state index < -0.39 is 8.53 Å². The molecule has 1 aromatic carbocycles. The second-order valence-corrected chi connectivity index (χ2v) is 10.7. The van der Waals surface area contributed by atoms with E-state index in [4.69, 9.17) is 13.8 Å². The predicted molar refractivity (Wildman–Crippen MR) is 121 cm³/mol. The summed E-state index contributed by atoms with van der Waals surface area (Å²) in [5, 5.41) is 0. The molecule has 6 nitrogen and oxygen atoms in total. The van der Waals surface area contributed by atoms with Crippen molar-refractivity contribution in [1.29, 1.82) is 0 Å². The molecule has 4 saturated heterocycles. The first kappa shape index (κ1) is 22.0. The topological polar surface area (TPSA) is 51.2 Å². The van der Waals surface area contributed by atoms with Gasteiger partial charge in [-0.2, -0.15) is 0 Å². The Bertz CT molecular complexity index is 758. The number of carbonyl (C=O) groups is 1. The fourth-order valence-corrected chi connectivity index (χ4v) is 7.63. The lowest BCUT2D eigenvalue weighted by Crippen LogP contribution is -2.42. The van der Waals surface area contributed by atoms with Crippen molar-refractivity contribution in [3.63, 3.8) is 0 Å². The summed E-state index contributed by atoms with van der Waals surface area (Å²) in [5.41, 5.74) is 1.25. The highest BCUT2D eigenvalue weighted by atomic mass is 31.2. The lowest BCUT2D eigenvalue weighted by Gasteiger charge is -2.28. The predicted octanol–water partition coefficient (Wildman–Crippen LogP) is 3.89. The Morgan fingerprint density at radius 1 is 1.23 bits per heavy atom. The molecule has 0 N–H and O–H groups in total. The number of fused-ring (bicyclic) bond motifs is 1. The fraction of sp³-hybridized carbons (Fsp3) is 0.696. The first-order chi connectivity index (χ1) is 15.2. The minimum absolute atomic E-state index is 0.00428. The average molecular weight is 443 g/mol. The minimum Gasteiger partial charge on any atom is -0.379 e. The Hall–Kier alpha value is -0.815. The van der Waals surface area contributed by atoms with Gasteiger partial charge in [0.05, 0.1) is 24.3 Å². The Kier molecular flexibility index (Phi) is 6.80. The third-order valence-corrected chi connectivity index (χ3v) is 9.10. The number of aldehydes is 1. The Morgan fingerprint density at radius 3 is 2.81 bits per heavy atom. The van der Waals surface area contributed by atoms with E-state index >= 15 is 0 Å². The van der Waals surface area contributed by atoms with Gasteiger partial charge in [-0.3, -0.25) is 0 Å². The van der Waals surface area contributed by atoms with Crippen molar-refractivity contribution in [3.8, 4) is 0 Å². The standard InChI is InChI=1S/C23H33BN2O4P/c1-3-20-21(16(2)23(28-20)24-25-13-7-11-18(25)15-27)29-31-26-14-8-12-19(26)22(30-31)17-9-5-4-6-10-17/h4-6,9-10,15-16,18-23H,3,7-8,11-14H2,1-2H3/t16?,18-,19-,20+,21+,22+,23+,31-/m0/s1. The highest BCUT2D eigenvalue weighted by Gasteiger charge is 2.51. The number of carbonyl (C=O) groups excluding carboxylic acids is 1. The maximum Gasteiger partial charge on any atom is 0.260 e. The third-order valence-electron chi connectivity index (χ3n) is 7.35. The van der Waals surface area contributed by atoms with E-state index in [1.165, 1.54) is 12.0 Å². The fourth-order valence-electron chi connectivity index (χ4n) is 5.56. The van der Waals surface area contributed by atoms with Crippen molar-refractivity contribution in [2.24, 2.45) is 5.92 Å². The van der Waals surface area contributed by atoms with Gasteiger partial charge in [0.25, 0.3) is 8.53 Å². The molecule has 0 aliphatic carbocycles. The van der Waals surface area contributed by atoms with Crippen LogP contribution in [0.4, 0.5) is 0 Å². The van der Waals surface area contributed by atoms with Crippen molar-refractivity contribution in [3.05, 3.63) is 35.9 Å². The maximum atomic E-state index is 11.4. The molecule has 4 heterocycles. The third kappa shape index (κ3) is 4.26. The quantitative estimate of drug-likeness (QED) is 0.362. The van der Waals surface area contributed by atoms with E-state index in [2.05, 4.69) is 61.1 Å². The van der Waals surface area contributed by atoms with Gasteiger partial charge >= 0.3 is 0 Å². The van der Waals surface area contributed by atoms with Crippen LogP contribution >= 0.6 is 8.53 Å². The van der Waals surface area contributed by atoms with Gasteiger partial charge < -0.3 is 23.4 Å². The Morgan fingerprint density at radius 2 is 2.03 bits per heavy atom. The van der Waals surface area contributed by atoms with E-state index in [0.717, 1.165) is 45.1 Å². The van der Waals surface area contributed by atoms with Crippen LogP contribution in [0.3, 0.4) is 0 Å². The van der Waals surface area contributed by atoms with Gasteiger partial charge in [-0.1, -0.05) is 44.2 Å². The molecule has 31 heavy (non-hydrogen) atoms. The van der Waals surface area contributed by atoms with E-state index in [-0.39, 0.29) is 36.3 Å². The molecule has 1 aromatic rings. The van der Waals surface area contributed by atoms with Crippen molar-refractivity contribution < 1.29 is 18.6 Å². The van der Waals surface area contributed by atoms with Gasteiger partial charge in [-0.25, -0.2) is 4.67 Å². The molecular formula is C23H33BN2O4P. The van der Waals surface area contributed by atoms with E-state index in [1.54, 1.807) is 0 Å². The molecule has 0 saturated carbocycles. The van der Waals surface area contributed by atoms with Gasteiger partial charge in [0.1, 0.15) is 12.4 Å². The molecule has 167 valence electrons. The largest absolute Gasteiger partial charge is 0.379 e. The maximum absolute atomic E-state index is 11.4. The summed E-state index contributed by atoms with van der Waals surface area (Å²) in [7, 11) is 1.05. The van der Waals surface area contributed by atoms with Gasteiger partial charge in [0.15, 0.2) is 0 Å². The highest BCUT2D eigenvalue weighted by molar-refractivity contribution is 7.45. The Balaban J connectivity index is 1.28. The number of rotatable bonds is 7. The van der Waals surface area contributed by atoms with Crippen LogP contribution in [-0.2, 0) is 18.6 Å². The van der Waals surface area contributed by atoms with Crippen LogP contribution in [0.1, 0.15) is 57.6 Å². The van der Waals surface area contributed by atoms with Crippen LogP contribution in [0.25, 0.3) is 0 Å². The van der Waals surface area contributed by atoms with E-state index in [0.29, 0.717) is 6.04 Å². The first-order valence-electron chi connectivity index (χ1n) is 11.9. The summed E-state index contributed by atoms with van der Waals surface area (Å²) in [4.78, 5) is 13.6. The van der Waals surface area contributed by atoms with Crippen molar-refractivity contribution in [2.75, 3.05) is 13.1 Å². The molecule has 4 aliphatic heterocycles. The number of hydrogen-bond acceptors (Lipinski definition) is 6. The first-order valence-corrected chi connectivity index (χ1v) is 13.0. The number of hydrogen-bond donors (Lipinski definition) is 0. The molecule has 0 aromatic heterocycles. The molecule has 1 unspecified atom stereocenters. The van der Waals surface area contributed by atoms with Gasteiger partial charge in [0.2, 0.25) is 7.41 Å². The summed E-state index contributed by atoms with van der Waals surface area (Å²) in [5.74, 6) is 0.223. The molecule has 0 spiro atoms. The normalized spacial score (nSPS) is 41.0. The molecule has 1 radical (unpaired) electrons. The summed E-state index contributed by atoms with van der Waals surface area (Å²) in [6, 6.07) is 10.9. The van der Waals surface area contributed by atoms with Gasteiger partial charge in [0, 0.05) is 18.5 Å². The minimum atomic E-state index is -1.09. The van der Waals surface area contributed by atoms with Crippen LogP contribution in [-0.4, -0.2) is 66.6 Å². The zero-order chi connectivity index (χ0) is 21.4. The molecule has 4 aliphatic rings. The number of nitrogens with zero attached hydrogens (tertiary/aromatic N) is 2. The average Bonchev–Trinajstić information content (AvgIpc) is 3.56. The van der Waals surface area contributed by atoms with Gasteiger partial charge in [-0.05, 0) is 44.2 Å². The molecule has 0 bridgehead atoms. The van der Waals surface area contributed by atoms with E-state index in [1.807, 2.05) is 0 Å². The van der Waals surface area contributed by atoms with Crippen LogP contribution in [0.15, 0.2) is 30.3 Å². The van der Waals surface area contributed by atoms with Crippen LogP contribution in [0, 0.1) is 5.92 Å². The molecule has 8 atom stereocenters. The summed E-state index contributed by atoms with van der Waals surface area (Å²) >= 11 is 0. The monoisotopic (exact) mass is 443 g/mol. The molecule has 5 rings (SSSR count).